The lowest BCUT2D eigenvalue weighted by atomic mass is 10.0. The van der Waals surface area contributed by atoms with Crippen LogP contribution >= 0.6 is 11.3 Å². The highest BCUT2D eigenvalue weighted by Crippen LogP contribution is 2.23. The van der Waals surface area contributed by atoms with E-state index >= 15 is 0 Å². The first-order valence-corrected chi connectivity index (χ1v) is 8.28. The minimum atomic E-state index is -0.196. The van der Waals surface area contributed by atoms with Crippen molar-refractivity contribution < 1.29 is 4.79 Å². The first kappa shape index (κ1) is 15.4. The molecule has 1 N–H and O–H groups in total. The summed E-state index contributed by atoms with van der Waals surface area (Å²) in [5.41, 5.74) is 3.41. The molecule has 1 amide bonds. The maximum Gasteiger partial charge on any atom is 0.275 e. The molecule has 23 heavy (non-hydrogen) atoms. The zero-order valence-electron chi connectivity index (χ0n) is 13.0. The predicted octanol–water partition coefficient (Wildman–Crippen LogP) is 4.58. The van der Waals surface area contributed by atoms with E-state index < -0.39 is 0 Å². The summed E-state index contributed by atoms with van der Waals surface area (Å²) in [5.74, 6) is 0.278. The normalized spacial score (nSPS) is 10.7. The SMILES string of the molecule is CC(C)c1ccc(NC(=O)c2csc(-c3ccncc3)n2)cc1. The van der Waals surface area contributed by atoms with Crippen LogP contribution in [0.25, 0.3) is 10.6 Å². The van der Waals surface area contributed by atoms with Crippen molar-refractivity contribution in [1.29, 1.82) is 0 Å². The molecule has 5 heteroatoms. The van der Waals surface area contributed by atoms with E-state index in [1.807, 2.05) is 36.4 Å². The Balaban J connectivity index is 1.72. The van der Waals surface area contributed by atoms with Gasteiger partial charge in [0.1, 0.15) is 10.7 Å². The summed E-state index contributed by atoms with van der Waals surface area (Å²) >= 11 is 1.45. The monoisotopic (exact) mass is 323 g/mol. The molecule has 116 valence electrons. The van der Waals surface area contributed by atoms with Crippen molar-refractivity contribution in [3.05, 3.63) is 65.4 Å². The molecule has 0 aliphatic heterocycles. The summed E-state index contributed by atoms with van der Waals surface area (Å²) in [5, 5.41) is 5.47. The number of carbonyl (C=O) groups is 1. The van der Waals surface area contributed by atoms with E-state index in [4.69, 9.17) is 0 Å². The van der Waals surface area contributed by atoms with Gasteiger partial charge in [-0.2, -0.15) is 0 Å². The minimum absolute atomic E-state index is 0.196. The van der Waals surface area contributed by atoms with Crippen molar-refractivity contribution in [3.8, 4) is 10.6 Å². The van der Waals surface area contributed by atoms with Crippen molar-refractivity contribution >= 4 is 22.9 Å². The third-order valence-corrected chi connectivity index (χ3v) is 4.39. The number of aromatic nitrogens is 2. The summed E-state index contributed by atoms with van der Waals surface area (Å²) in [6.07, 6.45) is 3.43. The molecule has 1 aromatic carbocycles. The number of thiazole rings is 1. The average Bonchev–Trinajstić information content (AvgIpc) is 3.06. The Morgan fingerprint density at radius 3 is 2.43 bits per heavy atom. The largest absolute Gasteiger partial charge is 0.321 e. The van der Waals surface area contributed by atoms with Crippen LogP contribution < -0.4 is 5.32 Å². The molecular weight excluding hydrogens is 306 g/mol. The quantitative estimate of drug-likeness (QED) is 0.764. The summed E-state index contributed by atoms with van der Waals surface area (Å²) < 4.78 is 0. The third kappa shape index (κ3) is 3.63. The first-order valence-electron chi connectivity index (χ1n) is 7.40. The molecule has 0 spiro atoms. The van der Waals surface area contributed by atoms with Gasteiger partial charge >= 0.3 is 0 Å². The topological polar surface area (TPSA) is 54.9 Å². The van der Waals surface area contributed by atoms with Crippen molar-refractivity contribution in [2.45, 2.75) is 19.8 Å². The maximum atomic E-state index is 12.3. The van der Waals surface area contributed by atoms with Crippen molar-refractivity contribution in [2.75, 3.05) is 5.32 Å². The van der Waals surface area contributed by atoms with Crippen LogP contribution in [0.2, 0.25) is 0 Å². The van der Waals surface area contributed by atoms with Gasteiger partial charge in [-0.1, -0.05) is 26.0 Å². The Labute approximate surface area is 139 Å². The van der Waals surface area contributed by atoms with Crippen LogP contribution in [-0.4, -0.2) is 15.9 Å². The van der Waals surface area contributed by atoms with Crippen molar-refractivity contribution in [2.24, 2.45) is 0 Å². The highest BCUT2D eigenvalue weighted by molar-refractivity contribution is 7.13. The van der Waals surface area contributed by atoms with E-state index in [-0.39, 0.29) is 5.91 Å². The Morgan fingerprint density at radius 2 is 1.78 bits per heavy atom. The van der Waals surface area contributed by atoms with Gasteiger partial charge < -0.3 is 5.32 Å². The Bertz CT molecular complexity index is 795. The van der Waals surface area contributed by atoms with Crippen LogP contribution in [0.15, 0.2) is 54.2 Å². The van der Waals surface area contributed by atoms with Gasteiger partial charge in [0.2, 0.25) is 0 Å². The molecule has 2 heterocycles. The lowest BCUT2D eigenvalue weighted by molar-refractivity contribution is 0.102. The summed E-state index contributed by atoms with van der Waals surface area (Å²) in [7, 11) is 0. The first-order chi connectivity index (χ1) is 11.1. The molecule has 0 saturated carbocycles. The van der Waals surface area contributed by atoms with Gasteiger partial charge in [-0.3, -0.25) is 9.78 Å². The molecule has 0 unspecified atom stereocenters. The van der Waals surface area contributed by atoms with E-state index in [0.717, 1.165) is 16.3 Å². The lowest BCUT2D eigenvalue weighted by Gasteiger charge is -2.07. The molecule has 2 aromatic heterocycles. The van der Waals surface area contributed by atoms with Crippen LogP contribution in [0.1, 0.15) is 35.8 Å². The molecular formula is C18H17N3OS. The minimum Gasteiger partial charge on any atom is -0.321 e. The predicted molar refractivity (Wildman–Crippen MR) is 93.8 cm³/mol. The number of amides is 1. The summed E-state index contributed by atoms with van der Waals surface area (Å²) in [4.78, 5) is 20.7. The highest BCUT2D eigenvalue weighted by Gasteiger charge is 2.12. The molecule has 0 radical (unpaired) electrons. The second kappa shape index (κ2) is 6.71. The molecule has 4 nitrogen and oxygen atoms in total. The van der Waals surface area contributed by atoms with Crippen LogP contribution in [0, 0.1) is 0 Å². The lowest BCUT2D eigenvalue weighted by Crippen LogP contribution is -2.12. The van der Waals surface area contributed by atoms with Crippen molar-refractivity contribution in [1.82, 2.24) is 9.97 Å². The van der Waals surface area contributed by atoms with E-state index in [2.05, 4.69) is 29.1 Å². The standard InChI is InChI=1S/C18H17N3OS/c1-12(2)13-3-5-15(6-4-13)20-17(22)16-11-23-18(21-16)14-7-9-19-10-8-14/h3-12H,1-2H3,(H,20,22). The fourth-order valence-electron chi connectivity index (χ4n) is 2.15. The average molecular weight is 323 g/mol. The number of nitrogens with one attached hydrogen (secondary N) is 1. The fourth-order valence-corrected chi connectivity index (χ4v) is 2.96. The molecule has 3 rings (SSSR count). The van der Waals surface area contributed by atoms with Crippen LogP contribution in [0.4, 0.5) is 5.69 Å². The Kier molecular flexibility index (Phi) is 4.48. The van der Waals surface area contributed by atoms with Gasteiger partial charge in [-0.25, -0.2) is 4.98 Å². The van der Waals surface area contributed by atoms with E-state index in [9.17, 15) is 4.79 Å². The zero-order valence-corrected chi connectivity index (χ0v) is 13.8. The zero-order chi connectivity index (χ0) is 16.2. The van der Waals surface area contributed by atoms with Gasteiger partial charge in [-0.05, 0) is 35.7 Å². The van der Waals surface area contributed by atoms with Gasteiger partial charge in [-0.15, -0.1) is 11.3 Å². The van der Waals surface area contributed by atoms with E-state index in [0.29, 0.717) is 11.6 Å². The highest BCUT2D eigenvalue weighted by atomic mass is 32.1. The van der Waals surface area contributed by atoms with Gasteiger partial charge in [0.05, 0.1) is 0 Å². The number of hydrogen-bond acceptors (Lipinski definition) is 4. The van der Waals surface area contributed by atoms with Crippen LogP contribution in [0.5, 0.6) is 0 Å². The van der Waals surface area contributed by atoms with Gasteiger partial charge in [0.15, 0.2) is 0 Å². The third-order valence-electron chi connectivity index (χ3n) is 3.50. The molecule has 0 bridgehead atoms. The number of pyridine rings is 1. The van der Waals surface area contributed by atoms with Crippen molar-refractivity contribution in [3.63, 3.8) is 0 Å². The van der Waals surface area contributed by atoms with Gasteiger partial charge in [0, 0.05) is 29.0 Å². The molecule has 0 fully saturated rings. The molecule has 3 aromatic rings. The smallest absolute Gasteiger partial charge is 0.275 e. The van der Waals surface area contributed by atoms with Crippen LogP contribution in [0.3, 0.4) is 0 Å². The van der Waals surface area contributed by atoms with Gasteiger partial charge in [0.25, 0.3) is 5.91 Å². The van der Waals surface area contributed by atoms with E-state index in [1.54, 1.807) is 17.8 Å². The summed E-state index contributed by atoms with van der Waals surface area (Å²) in [6.45, 7) is 4.28. The number of carbonyl (C=O) groups excluding carboxylic acids is 1. The Hall–Kier alpha value is -2.53. The van der Waals surface area contributed by atoms with E-state index in [1.165, 1.54) is 16.9 Å². The fraction of sp³-hybridized carbons (Fsp3) is 0.167. The number of rotatable bonds is 4. The molecule has 0 atom stereocenters. The number of nitrogens with zero attached hydrogens (tertiary/aromatic N) is 2. The Morgan fingerprint density at radius 1 is 1.09 bits per heavy atom. The molecule has 0 aliphatic rings. The molecule has 0 aliphatic carbocycles. The number of benzene rings is 1. The number of hydrogen-bond donors (Lipinski definition) is 1. The second-order valence-electron chi connectivity index (χ2n) is 5.50. The number of anilines is 1. The maximum absolute atomic E-state index is 12.3. The second-order valence-corrected chi connectivity index (χ2v) is 6.36. The van der Waals surface area contributed by atoms with Crippen LogP contribution in [-0.2, 0) is 0 Å². The summed E-state index contributed by atoms with van der Waals surface area (Å²) in [6, 6.07) is 11.7. The molecule has 0 saturated heterocycles.